The fraction of sp³-hybridized carbons (Fsp3) is 0.909. The molecule has 3 nitrogen and oxygen atoms in total. The van der Waals surface area contributed by atoms with Crippen molar-refractivity contribution in [2.24, 2.45) is 0 Å². The lowest BCUT2D eigenvalue weighted by Crippen LogP contribution is -2.24. The van der Waals surface area contributed by atoms with Crippen LogP contribution in [-0.4, -0.2) is 31.7 Å². The zero-order valence-corrected chi connectivity index (χ0v) is 17.1. The standard InChI is InChI=1S/C22H42O3/c1-4-5-6-7-8-9-10-11-12-13-14-15-16-17-18-23-19-21-20-24-22(2,3)25-21/h7-8,21H,4-6,9-20H2,1-3H3. The van der Waals surface area contributed by atoms with Crippen LogP contribution in [0.25, 0.3) is 0 Å². The number of hydrogen-bond acceptors (Lipinski definition) is 3. The van der Waals surface area contributed by atoms with Crippen LogP contribution in [0.5, 0.6) is 0 Å². The first-order valence-electron chi connectivity index (χ1n) is 10.7. The summed E-state index contributed by atoms with van der Waals surface area (Å²) in [5.74, 6) is -0.431. The number of allylic oxidation sites excluding steroid dienone is 2. The fourth-order valence-corrected chi connectivity index (χ4v) is 3.14. The smallest absolute Gasteiger partial charge is 0.163 e. The highest BCUT2D eigenvalue weighted by atomic mass is 16.7. The molecule has 1 aliphatic heterocycles. The topological polar surface area (TPSA) is 27.7 Å². The van der Waals surface area contributed by atoms with Crippen LogP contribution in [0, 0.1) is 0 Å². The first-order chi connectivity index (χ1) is 12.1. The monoisotopic (exact) mass is 354 g/mol. The van der Waals surface area contributed by atoms with Gasteiger partial charge in [-0.25, -0.2) is 0 Å². The molecule has 0 N–H and O–H groups in total. The van der Waals surface area contributed by atoms with Gasteiger partial charge in [0.05, 0.1) is 13.2 Å². The Morgan fingerprint density at radius 2 is 1.48 bits per heavy atom. The Morgan fingerprint density at radius 3 is 2.08 bits per heavy atom. The Labute approximate surface area is 156 Å². The lowest BCUT2D eigenvalue weighted by molar-refractivity contribution is -0.145. The summed E-state index contributed by atoms with van der Waals surface area (Å²) in [4.78, 5) is 0. The Kier molecular flexibility index (Phi) is 13.4. The maximum atomic E-state index is 5.72. The number of unbranched alkanes of at least 4 members (excludes halogenated alkanes) is 10. The summed E-state index contributed by atoms with van der Waals surface area (Å²) >= 11 is 0. The van der Waals surface area contributed by atoms with E-state index in [2.05, 4.69) is 19.1 Å². The molecule has 1 unspecified atom stereocenters. The normalized spacial score (nSPS) is 19.9. The third-order valence-electron chi connectivity index (χ3n) is 4.67. The third-order valence-corrected chi connectivity index (χ3v) is 4.67. The van der Waals surface area contributed by atoms with E-state index in [1.165, 1.54) is 77.0 Å². The van der Waals surface area contributed by atoms with Gasteiger partial charge in [0.25, 0.3) is 0 Å². The van der Waals surface area contributed by atoms with Crippen LogP contribution >= 0.6 is 0 Å². The molecule has 0 aromatic rings. The third kappa shape index (κ3) is 13.5. The molecule has 0 bridgehead atoms. The Bertz CT molecular complexity index is 325. The van der Waals surface area contributed by atoms with Crippen LogP contribution < -0.4 is 0 Å². The lowest BCUT2D eigenvalue weighted by atomic mass is 10.1. The van der Waals surface area contributed by atoms with Crippen LogP contribution in [-0.2, 0) is 14.2 Å². The predicted molar refractivity (Wildman–Crippen MR) is 106 cm³/mol. The molecule has 1 rings (SSSR count). The molecule has 0 amide bonds. The highest BCUT2D eigenvalue weighted by Crippen LogP contribution is 2.22. The maximum absolute atomic E-state index is 5.72. The van der Waals surface area contributed by atoms with Crippen LogP contribution in [0.2, 0.25) is 0 Å². The Morgan fingerprint density at radius 1 is 0.880 bits per heavy atom. The van der Waals surface area contributed by atoms with Crippen molar-refractivity contribution in [1.82, 2.24) is 0 Å². The first kappa shape index (κ1) is 22.7. The Balaban J connectivity index is 1.73. The zero-order chi connectivity index (χ0) is 18.2. The largest absolute Gasteiger partial charge is 0.379 e. The van der Waals surface area contributed by atoms with Crippen molar-refractivity contribution in [3.8, 4) is 0 Å². The van der Waals surface area contributed by atoms with Gasteiger partial charge in [-0.1, -0.05) is 70.4 Å². The van der Waals surface area contributed by atoms with Gasteiger partial charge in [0.15, 0.2) is 5.79 Å². The van der Waals surface area contributed by atoms with E-state index in [-0.39, 0.29) is 6.10 Å². The van der Waals surface area contributed by atoms with Gasteiger partial charge < -0.3 is 14.2 Å². The van der Waals surface area contributed by atoms with Gasteiger partial charge in [0, 0.05) is 6.61 Å². The minimum atomic E-state index is -0.431. The molecule has 1 atom stereocenters. The molecule has 1 saturated heterocycles. The highest BCUT2D eigenvalue weighted by molar-refractivity contribution is 4.81. The molecule has 0 aromatic carbocycles. The molecule has 0 spiro atoms. The summed E-state index contributed by atoms with van der Waals surface area (Å²) in [6, 6.07) is 0. The first-order valence-corrected chi connectivity index (χ1v) is 10.7. The van der Waals surface area contributed by atoms with E-state index in [9.17, 15) is 0 Å². The number of rotatable bonds is 16. The van der Waals surface area contributed by atoms with Gasteiger partial charge in [-0.05, 0) is 39.5 Å². The summed E-state index contributed by atoms with van der Waals surface area (Å²) in [7, 11) is 0. The van der Waals surface area contributed by atoms with Gasteiger partial charge in [-0.15, -0.1) is 0 Å². The minimum absolute atomic E-state index is 0.108. The molecule has 1 heterocycles. The lowest BCUT2D eigenvalue weighted by Gasteiger charge is -2.17. The zero-order valence-electron chi connectivity index (χ0n) is 17.1. The summed E-state index contributed by atoms with van der Waals surface area (Å²) < 4.78 is 17.0. The van der Waals surface area contributed by atoms with Crippen molar-refractivity contribution in [2.75, 3.05) is 19.8 Å². The van der Waals surface area contributed by atoms with Crippen LogP contribution in [0.4, 0.5) is 0 Å². The van der Waals surface area contributed by atoms with Crippen LogP contribution in [0.1, 0.15) is 97.8 Å². The highest BCUT2D eigenvalue weighted by Gasteiger charge is 2.32. The van der Waals surface area contributed by atoms with E-state index in [0.717, 1.165) is 6.61 Å². The van der Waals surface area contributed by atoms with Gasteiger partial charge in [-0.2, -0.15) is 0 Å². The number of hydrogen-bond donors (Lipinski definition) is 0. The molecule has 0 radical (unpaired) electrons. The van der Waals surface area contributed by atoms with Gasteiger partial charge in [0.2, 0.25) is 0 Å². The van der Waals surface area contributed by atoms with Crippen molar-refractivity contribution in [1.29, 1.82) is 0 Å². The SMILES string of the molecule is CCCCC=CCCCCCCCCCCOCC1COC(C)(C)O1. The van der Waals surface area contributed by atoms with Crippen molar-refractivity contribution in [3.05, 3.63) is 12.2 Å². The maximum Gasteiger partial charge on any atom is 0.163 e. The summed E-state index contributed by atoms with van der Waals surface area (Å²) in [6.45, 7) is 8.33. The van der Waals surface area contributed by atoms with E-state index in [1.807, 2.05) is 13.8 Å². The van der Waals surface area contributed by atoms with Crippen molar-refractivity contribution >= 4 is 0 Å². The minimum Gasteiger partial charge on any atom is -0.379 e. The Hall–Kier alpha value is -0.380. The van der Waals surface area contributed by atoms with E-state index in [0.29, 0.717) is 13.2 Å². The molecular formula is C22H42O3. The van der Waals surface area contributed by atoms with Crippen LogP contribution in [0.3, 0.4) is 0 Å². The second-order valence-corrected chi connectivity index (χ2v) is 7.76. The second-order valence-electron chi connectivity index (χ2n) is 7.76. The predicted octanol–water partition coefficient (Wildman–Crippen LogP) is 6.41. The quantitative estimate of drug-likeness (QED) is 0.237. The van der Waals surface area contributed by atoms with Crippen molar-refractivity contribution < 1.29 is 14.2 Å². The van der Waals surface area contributed by atoms with Crippen molar-refractivity contribution in [3.63, 3.8) is 0 Å². The molecule has 0 saturated carbocycles. The molecule has 25 heavy (non-hydrogen) atoms. The molecule has 0 aromatic heterocycles. The summed E-state index contributed by atoms with van der Waals surface area (Å²) in [6.07, 6.45) is 20.7. The van der Waals surface area contributed by atoms with E-state index >= 15 is 0 Å². The van der Waals surface area contributed by atoms with E-state index in [1.54, 1.807) is 0 Å². The van der Waals surface area contributed by atoms with Crippen LogP contribution in [0.15, 0.2) is 12.2 Å². The summed E-state index contributed by atoms with van der Waals surface area (Å²) in [5, 5.41) is 0. The van der Waals surface area contributed by atoms with Gasteiger partial charge >= 0.3 is 0 Å². The molecule has 148 valence electrons. The van der Waals surface area contributed by atoms with Gasteiger partial charge in [0.1, 0.15) is 6.10 Å². The molecule has 3 heteroatoms. The number of ether oxygens (including phenoxy) is 3. The fourth-order valence-electron chi connectivity index (χ4n) is 3.14. The molecule has 1 aliphatic rings. The van der Waals surface area contributed by atoms with E-state index in [4.69, 9.17) is 14.2 Å². The molecular weight excluding hydrogens is 312 g/mol. The van der Waals surface area contributed by atoms with Gasteiger partial charge in [-0.3, -0.25) is 0 Å². The molecule has 1 fully saturated rings. The average Bonchev–Trinajstić information content (AvgIpc) is 2.93. The average molecular weight is 355 g/mol. The molecule has 0 aliphatic carbocycles. The second kappa shape index (κ2) is 14.8. The van der Waals surface area contributed by atoms with E-state index < -0.39 is 5.79 Å². The summed E-state index contributed by atoms with van der Waals surface area (Å²) in [5.41, 5.74) is 0. The van der Waals surface area contributed by atoms with Crippen molar-refractivity contribution in [2.45, 2.75) is 110 Å².